The van der Waals surface area contributed by atoms with Crippen molar-refractivity contribution in [3.8, 4) is 0 Å². The topological polar surface area (TPSA) is 64.3 Å². The number of hydrogen-bond donors (Lipinski definition) is 2. The Kier molecular flexibility index (Phi) is 6.96. The Morgan fingerprint density at radius 2 is 1.90 bits per heavy atom. The van der Waals surface area contributed by atoms with Gasteiger partial charge in [-0.05, 0) is 57.4 Å². The molecule has 0 aromatic rings. The van der Waals surface area contributed by atoms with Crippen molar-refractivity contribution >= 4 is 5.91 Å². The van der Waals surface area contributed by atoms with Gasteiger partial charge in [0.2, 0.25) is 5.91 Å². The largest absolute Gasteiger partial charge is 0.378 e. The fourth-order valence-corrected chi connectivity index (χ4v) is 3.37. The first-order chi connectivity index (χ1) is 9.37. The number of nitrogens with one attached hydrogen (secondary N) is 1. The van der Waals surface area contributed by atoms with E-state index in [0.29, 0.717) is 6.10 Å². The first kappa shape index (κ1) is 17.4. The molecule has 4 nitrogen and oxygen atoms in total. The van der Waals surface area contributed by atoms with Crippen LogP contribution >= 0.6 is 0 Å². The van der Waals surface area contributed by atoms with Crippen molar-refractivity contribution in [3.63, 3.8) is 0 Å². The highest BCUT2D eigenvalue weighted by molar-refractivity contribution is 5.84. The molecular formula is C16H32N2O2. The lowest BCUT2D eigenvalue weighted by atomic mass is 9.82. The van der Waals surface area contributed by atoms with Crippen LogP contribution in [-0.2, 0) is 9.53 Å². The maximum absolute atomic E-state index is 11.5. The molecule has 0 spiro atoms. The summed E-state index contributed by atoms with van der Waals surface area (Å²) in [6.07, 6.45) is 5.65. The maximum atomic E-state index is 11.5. The van der Waals surface area contributed by atoms with Gasteiger partial charge in [-0.15, -0.1) is 0 Å². The van der Waals surface area contributed by atoms with E-state index in [0.717, 1.165) is 37.8 Å². The van der Waals surface area contributed by atoms with Crippen molar-refractivity contribution in [1.29, 1.82) is 0 Å². The third-order valence-corrected chi connectivity index (χ3v) is 4.42. The second-order valence-corrected chi connectivity index (χ2v) is 6.74. The molecule has 0 saturated heterocycles. The second kappa shape index (κ2) is 7.99. The smallest absolute Gasteiger partial charge is 0.237 e. The van der Waals surface area contributed by atoms with Crippen LogP contribution in [0.15, 0.2) is 0 Å². The van der Waals surface area contributed by atoms with Crippen molar-refractivity contribution in [2.24, 2.45) is 17.6 Å². The average Bonchev–Trinajstić information content (AvgIpc) is 2.33. The standard InChI is InChI=1S/C16H32N2O2/c1-5-18-16(4,15(17)19)7-6-8-20-14-10-12(2)9-13(3)11-14/h12-14,18H,5-11H2,1-4H3,(H2,17,19). The molecule has 1 rings (SSSR count). The summed E-state index contributed by atoms with van der Waals surface area (Å²) < 4.78 is 6.00. The third kappa shape index (κ3) is 5.41. The lowest BCUT2D eigenvalue weighted by Crippen LogP contribution is -2.53. The fraction of sp³-hybridized carbons (Fsp3) is 0.938. The van der Waals surface area contributed by atoms with E-state index in [1.54, 1.807) is 0 Å². The van der Waals surface area contributed by atoms with Gasteiger partial charge < -0.3 is 15.8 Å². The van der Waals surface area contributed by atoms with Crippen molar-refractivity contribution in [3.05, 3.63) is 0 Å². The summed E-state index contributed by atoms with van der Waals surface area (Å²) in [5, 5.41) is 3.18. The van der Waals surface area contributed by atoms with Crippen LogP contribution in [0.3, 0.4) is 0 Å². The van der Waals surface area contributed by atoms with E-state index in [1.807, 2.05) is 13.8 Å². The van der Waals surface area contributed by atoms with Crippen LogP contribution in [0.2, 0.25) is 0 Å². The molecule has 1 amide bonds. The van der Waals surface area contributed by atoms with Gasteiger partial charge >= 0.3 is 0 Å². The third-order valence-electron chi connectivity index (χ3n) is 4.42. The summed E-state index contributed by atoms with van der Waals surface area (Å²) in [6, 6.07) is 0. The summed E-state index contributed by atoms with van der Waals surface area (Å²) in [4.78, 5) is 11.5. The molecule has 1 aliphatic carbocycles. The summed E-state index contributed by atoms with van der Waals surface area (Å²) in [5.74, 6) is 1.25. The summed E-state index contributed by atoms with van der Waals surface area (Å²) in [7, 11) is 0. The van der Waals surface area contributed by atoms with Crippen LogP contribution < -0.4 is 11.1 Å². The molecule has 118 valence electrons. The zero-order chi connectivity index (χ0) is 15.2. The van der Waals surface area contributed by atoms with E-state index < -0.39 is 5.54 Å². The molecule has 0 radical (unpaired) electrons. The SMILES string of the molecule is CCNC(C)(CCCOC1CC(C)CC(C)C1)C(N)=O. The molecule has 1 saturated carbocycles. The zero-order valence-corrected chi connectivity index (χ0v) is 13.6. The van der Waals surface area contributed by atoms with Gasteiger partial charge in [-0.1, -0.05) is 20.8 Å². The van der Waals surface area contributed by atoms with Gasteiger partial charge in [-0.25, -0.2) is 0 Å². The number of primary amides is 1. The molecule has 3 unspecified atom stereocenters. The van der Waals surface area contributed by atoms with Crippen molar-refractivity contribution in [2.75, 3.05) is 13.2 Å². The number of likely N-dealkylation sites (N-methyl/N-ethyl adjacent to an activating group) is 1. The molecule has 0 aromatic heterocycles. The number of amides is 1. The monoisotopic (exact) mass is 284 g/mol. The molecule has 3 N–H and O–H groups in total. The first-order valence-corrected chi connectivity index (χ1v) is 8.04. The molecule has 0 aliphatic heterocycles. The van der Waals surface area contributed by atoms with Gasteiger partial charge in [-0.2, -0.15) is 0 Å². The summed E-state index contributed by atoms with van der Waals surface area (Å²) in [6.45, 7) is 9.95. The highest BCUT2D eigenvalue weighted by Crippen LogP contribution is 2.30. The molecule has 1 aliphatic rings. The normalized spacial score (nSPS) is 29.9. The maximum Gasteiger partial charge on any atom is 0.237 e. The molecular weight excluding hydrogens is 252 g/mol. The molecule has 4 heteroatoms. The van der Waals surface area contributed by atoms with Gasteiger partial charge in [0.25, 0.3) is 0 Å². The molecule has 1 fully saturated rings. The molecule has 20 heavy (non-hydrogen) atoms. The fourth-order valence-electron chi connectivity index (χ4n) is 3.37. The van der Waals surface area contributed by atoms with Crippen LogP contribution in [0.5, 0.6) is 0 Å². The van der Waals surface area contributed by atoms with E-state index >= 15 is 0 Å². The molecule has 3 atom stereocenters. The van der Waals surface area contributed by atoms with E-state index in [1.165, 1.54) is 19.3 Å². The summed E-state index contributed by atoms with van der Waals surface area (Å²) in [5.41, 5.74) is 4.87. The van der Waals surface area contributed by atoms with Gasteiger partial charge in [0, 0.05) is 6.61 Å². The van der Waals surface area contributed by atoms with Crippen LogP contribution in [0.1, 0.15) is 59.8 Å². The van der Waals surface area contributed by atoms with Crippen molar-refractivity contribution in [1.82, 2.24) is 5.32 Å². The number of carbonyl (C=O) groups excluding carboxylic acids is 1. The Morgan fingerprint density at radius 1 is 1.30 bits per heavy atom. The number of ether oxygens (including phenoxy) is 1. The first-order valence-electron chi connectivity index (χ1n) is 8.04. The van der Waals surface area contributed by atoms with Crippen LogP contribution in [0, 0.1) is 11.8 Å². The number of hydrogen-bond acceptors (Lipinski definition) is 3. The summed E-state index contributed by atoms with van der Waals surface area (Å²) >= 11 is 0. The van der Waals surface area contributed by atoms with E-state index in [4.69, 9.17) is 10.5 Å². The number of nitrogens with two attached hydrogens (primary N) is 1. The quantitative estimate of drug-likeness (QED) is 0.673. The Hall–Kier alpha value is -0.610. The minimum atomic E-state index is -0.606. The molecule has 0 heterocycles. The highest BCUT2D eigenvalue weighted by atomic mass is 16.5. The van der Waals surface area contributed by atoms with Crippen LogP contribution in [0.25, 0.3) is 0 Å². The highest BCUT2D eigenvalue weighted by Gasteiger charge is 2.29. The lowest BCUT2D eigenvalue weighted by Gasteiger charge is -2.32. The molecule has 0 bridgehead atoms. The lowest BCUT2D eigenvalue weighted by molar-refractivity contribution is -0.124. The van der Waals surface area contributed by atoms with Gasteiger partial charge in [0.05, 0.1) is 11.6 Å². The minimum Gasteiger partial charge on any atom is -0.378 e. The predicted octanol–water partition coefficient (Wildman–Crippen LogP) is 2.46. The van der Waals surface area contributed by atoms with Gasteiger partial charge in [-0.3, -0.25) is 4.79 Å². The minimum absolute atomic E-state index is 0.278. The van der Waals surface area contributed by atoms with Gasteiger partial charge in [0.1, 0.15) is 0 Å². The van der Waals surface area contributed by atoms with Crippen molar-refractivity contribution < 1.29 is 9.53 Å². The Morgan fingerprint density at radius 3 is 2.40 bits per heavy atom. The van der Waals surface area contributed by atoms with E-state index in [-0.39, 0.29) is 5.91 Å². The van der Waals surface area contributed by atoms with Crippen LogP contribution in [0.4, 0.5) is 0 Å². The Labute approximate surface area is 123 Å². The van der Waals surface area contributed by atoms with Crippen molar-refractivity contribution in [2.45, 2.75) is 71.4 Å². The zero-order valence-electron chi connectivity index (χ0n) is 13.6. The van der Waals surface area contributed by atoms with E-state index in [9.17, 15) is 4.79 Å². The Bertz CT molecular complexity index is 299. The Balaban J connectivity index is 2.28. The number of rotatable bonds is 8. The van der Waals surface area contributed by atoms with Gasteiger partial charge in [0.15, 0.2) is 0 Å². The van der Waals surface area contributed by atoms with E-state index in [2.05, 4.69) is 19.2 Å². The average molecular weight is 284 g/mol. The number of carbonyl (C=O) groups is 1. The van der Waals surface area contributed by atoms with Crippen LogP contribution in [-0.4, -0.2) is 30.7 Å². The predicted molar refractivity (Wildman–Crippen MR) is 82.4 cm³/mol. The second-order valence-electron chi connectivity index (χ2n) is 6.74. The molecule has 0 aromatic carbocycles.